The van der Waals surface area contributed by atoms with Crippen molar-refractivity contribution in [1.29, 1.82) is 0 Å². The van der Waals surface area contributed by atoms with Gasteiger partial charge in [-0.1, -0.05) is 15.9 Å². The highest BCUT2D eigenvalue weighted by atomic mass is 79.9. The van der Waals surface area contributed by atoms with Crippen LogP contribution in [0.3, 0.4) is 0 Å². The molecule has 1 aromatic rings. The maximum absolute atomic E-state index is 11.1. The third kappa shape index (κ3) is 2.40. The van der Waals surface area contributed by atoms with E-state index >= 15 is 0 Å². The average molecular weight is 279 g/mol. The molecule has 0 spiro atoms. The van der Waals surface area contributed by atoms with Crippen LogP contribution in [0.1, 0.15) is 17.3 Å². The summed E-state index contributed by atoms with van der Waals surface area (Å²) in [5, 5.41) is 0. The van der Waals surface area contributed by atoms with Crippen LogP contribution in [0.4, 0.5) is 0 Å². The van der Waals surface area contributed by atoms with Crippen LogP contribution in [0.15, 0.2) is 27.6 Å². The molecule has 0 unspecified atom stereocenters. The van der Waals surface area contributed by atoms with Gasteiger partial charge in [-0.15, -0.1) is 0 Å². The Balaban J connectivity index is 3.53. The molecule has 0 saturated heterocycles. The van der Waals surface area contributed by atoms with Crippen molar-refractivity contribution >= 4 is 31.8 Å². The summed E-state index contributed by atoms with van der Waals surface area (Å²) in [6.07, 6.45) is 0. The molecule has 0 atom stereocenters. The molecule has 0 aliphatic heterocycles. The molecule has 14 heavy (non-hydrogen) atoms. The highest BCUT2D eigenvalue weighted by Gasteiger charge is 2.17. The molecule has 0 aromatic heterocycles. The Morgan fingerprint density at radius 3 is 2.43 bits per heavy atom. The van der Waals surface area contributed by atoms with E-state index in [1.165, 1.54) is 25.1 Å². The summed E-state index contributed by atoms with van der Waals surface area (Å²) in [4.78, 5) is 10.7. The molecule has 76 valence electrons. The second-order valence-corrected chi connectivity index (χ2v) is 4.98. The number of carbonyl (C=O) groups is 1. The molecule has 0 fully saturated rings. The number of carbonyl (C=O) groups excluding carboxylic acids is 1. The van der Waals surface area contributed by atoms with Crippen molar-refractivity contribution in [3.8, 4) is 0 Å². The largest absolute Gasteiger partial charge is 0.295 e. The fraction of sp³-hybridized carbons (Fsp3) is 0.125. The van der Waals surface area contributed by atoms with Crippen LogP contribution in [-0.2, 0) is 10.1 Å². The van der Waals surface area contributed by atoms with Gasteiger partial charge < -0.3 is 0 Å². The summed E-state index contributed by atoms with van der Waals surface area (Å²) in [5.74, 6) is -0.418. The van der Waals surface area contributed by atoms with Crippen LogP contribution in [0.5, 0.6) is 0 Å². The highest BCUT2D eigenvalue weighted by molar-refractivity contribution is 9.10. The van der Waals surface area contributed by atoms with Crippen molar-refractivity contribution in [2.45, 2.75) is 11.8 Å². The van der Waals surface area contributed by atoms with Gasteiger partial charge in [0.2, 0.25) is 0 Å². The zero-order valence-corrected chi connectivity index (χ0v) is 9.59. The monoisotopic (exact) mass is 278 g/mol. The van der Waals surface area contributed by atoms with Gasteiger partial charge in [-0.05, 0) is 25.1 Å². The SMILES string of the molecule is CC(=O)c1cc(Br)ccc1S(=O)(=O)O. The average Bonchev–Trinajstić information content (AvgIpc) is 2.01. The first-order chi connectivity index (χ1) is 6.32. The van der Waals surface area contributed by atoms with Crippen molar-refractivity contribution in [3.05, 3.63) is 28.2 Å². The molecule has 0 aliphatic rings. The fourth-order valence-electron chi connectivity index (χ4n) is 1.00. The highest BCUT2D eigenvalue weighted by Crippen LogP contribution is 2.20. The van der Waals surface area contributed by atoms with Gasteiger partial charge in [0, 0.05) is 10.0 Å². The van der Waals surface area contributed by atoms with Crippen molar-refractivity contribution in [2.24, 2.45) is 0 Å². The van der Waals surface area contributed by atoms with Gasteiger partial charge in [-0.2, -0.15) is 8.42 Å². The molecule has 1 aromatic carbocycles. The minimum absolute atomic E-state index is 0.0260. The lowest BCUT2D eigenvalue weighted by molar-refractivity contribution is 0.101. The van der Waals surface area contributed by atoms with E-state index in [-0.39, 0.29) is 10.5 Å². The van der Waals surface area contributed by atoms with E-state index in [4.69, 9.17) is 4.55 Å². The number of rotatable bonds is 2. The quantitative estimate of drug-likeness (QED) is 0.663. The Hall–Kier alpha value is -0.720. The third-order valence-electron chi connectivity index (χ3n) is 1.60. The molecule has 6 heteroatoms. The normalized spacial score (nSPS) is 11.4. The van der Waals surface area contributed by atoms with E-state index in [2.05, 4.69) is 15.9 Å². The van der Waals surface area contributed by atoms with Crippen LogP contribution in [0, 0.1) is 0 Å². The predicted octanol–water partition coefficient (Wildman–Crippen LogP) is 1.90. The molecule has 0 aliphatic carbocycles. The van der Waals surface area contributed by atoms with Crippen molar-refractivity contribution in [1.82, 2.24) is 0 Å². The van der Waals surface area contributed by atoms with Gasteiger partial charge in [-0.3, -0.25) is 9.35 Å². The van der Waals surface area contributed by atoms with E-state index in [0.29, 0.717) is 4.47 Å². The lowest BCUT2D eigenvalue weighted by Crippen LogP contribution is -2.06. The number of Topliss-reactive ketones (excluding diaryl/α,β-unsaturated/α-hetero) is 1. The van der Waals surface area contributed by atoms with Gasteiger partial charge in [0.15, 0.2) is 5.78 Å². The van der Waals surface area contributed by atoms with E-state index in [0.717, 1.165) is 0 Å². The van der Waals surface area contributed by atoms with Crippen LogP contribution in [-0.4, -0.2) is 18.8 Å². The molecule has 1 rings (SSSR count). The summed E-state index contributed by atoms with van der Waals surface area (Å²) in [7, 11) is -4.34. The predicted molar refractivity (Wildman–Crippen MR) is 54.0 cm³/mol. The summed E-state index contributed by atoms with van der Waals surface area (Å²) in [6.45, 7) is 1.23. The molecule has 0 heterocycles. The van der Waals surface area contributed by atoms with E-state index in [1.54, 1.807) is 0 Å². The van der Waals surface area contributed by atoms with E-state index in [9.17, 15) is 13.2 Å². The smallest absolute Gasteiger partial charge is 0.294 e. The van der Waals surface area contributed by atoms with Crippen molar-refractivity contribution in [2.75, 3.05) is 0 Å². The van der Waals surface area contributed by atoms with Crippen LogP contribution in [0.2, 0.25) is 0 Å². The number of hydrogen-bond acceptors (Lipinski definition) is 3. The van der Waals surface area contributed by atoms with Crippen molar-refractivity contribution in [3.63, 3.8) is 0 Å². The van der Waals surface area contributed by atoms with Crippen LogP contribution < -0.4 is 0 Å². The standard InChI is InChI=1S/C8H7BrO4S/c1-5(10)7-4-6(9)2-3-8(7)14(11,12)13/h2-4H,1H3,(H,11,12,13). The Kier molecular flexibility index (Phi) is 3.08. The lowest BCUT2D eigenvalue weighted by atomic mass is 10.1. The maximum atomic E-state index is 11.1. The fourth-order valence-corrected chi connectivity index (χ4v) is 2.08. The Morgan fingerprint density at radius 2 is 2.00 bits per heavy atom. The molecule has 0 amide bonds. The first-order valence-electron chi connectivity index (χ1n) is 3.60. The number of halogens is 1. The summed E-state index contributed by atoms with van der Waals surface area (Å²) >= 11 is 3.10. The first-order valence-corrected chi connectivity index (χ1v) is 5.83. The molecule has 1 N–H and O–H groups in total. The van der Waals surface area contributed by atoms with E-state index in [1.807, 2.05) is 0 Å². The number of hydrogen-bond donors (Lipinski definition) is 1. The molecule has 4 nitrogen and oxygen atoms in total. The second kappa shape index (κ2) is 3.80. The minimum atomic E-state index is -4.34. The van der Waals surface area contributed by atoms with Crippen molar-refractivity contribution < 1.29 is 17.8 Å². The Labute approximate surface area is 89.8 Å². The van der Waals surface area contributed by atoms with Gasteiger partial charge in [0.05, 0.1) is 0 Å². The zero-order valence-electron chi connectivity index (χ0n) is 7.19. The molecule has 0 bridgehead atoms. The summed E-state index contributed by atoms with van der Waals surface area (Å²) < 4.78 is 31.1. The summed E-state index contributed by atoms with van der Waals surface area (Å²) in [6, 6.07) is 3.97. The molecular weight excluding hydrogens is 272 g/mol. The third-order valence-corrected chi connectivity index (χ3v) is 3.00. The first kappa shape index (κ1) is 11.4. The van der Waals surface area contributed by atoms with Gasteiger partial charge >= 0.3 is 0 Å². The molecule has 0 radical (unpaired) electrons. The zero-order chi connectivity index (χ0) is 10.9. The topological polar surface area (TPSA) is 71.4 Å². The van der Waals surface area contributed by atoms with Gasteiger partial charge in [0.1, 0.15) is 4.90 Å². The lowest BCUT2D eigenvalue weighted by Gasteiger charge is -2.03. The Bertz CT molecular complexity index is 478. The molecular formula is C8H7BrO4S. The Morgan fingerprint density at radius 1 is 1.43 bits per heavy atom. The van der Waals surface area contributed by atoms with Gasteiger partial charge in [-0.25, -0.2) is 0 Å². The minimum Gasteiger partial charge on any atom is -0.294 e. The van der Waals surface area contributed by atoms with E-state index < -0.39 is 15.9 Å². The second-order valence-electron chi connectivity index (χ2n) is 2.67. The summed E-state index contributed by atoms with van der Waals surface area (Å²) in [5.41, 5.74) is -0.0260. The molecule has 0 saturated carbocycles. The van der Waals surface area contributed by atoms with Crippen LogP contribution in [0.25, 0.3) is 0 Å². The van der Waals surface area contributed by atoms with Crippen LogP contribution >= 0.6 is 15.9 Å². The van der Waals surface area contributed by atoms with Gasteiger partial charge in [0.25, 0.3) is 10.1 Å². The maximum Gasteiger partial charge on any atom is 0.295 e. The number of benzene rings is 1. The number of ketones is 1.